The van der Waals surface area contributed by atoms with Crippen molar-refractivity contribution in [3.8, 4) is 0 Å². The van der Waals surface area contributed by atoms with Crippen LogP contribution in [0.1, 0.15) is 40.7 Å². The standard InChI is InChI=1S/C15H17NO3/c17-14(16-13(15(18)19)10-5-6-10)12-7-4-9-2-1-3-11(9)8-12/h4,7-8,10,13H,1-3,5-6H2,(H,16,17)(H,18,19). The molecule has 0 radical (unpaired) electrons. The van der Waals surface area contributed by atoms with Gasteiger partial charge in [0, 0.05) is 5.56 Å². The minimum Gasteiger partial charge on any atom is -0.480 e. The molecule has 3 rings (SSSR count). The number of hydrogen-bond donors (Lipinski definition) is 2. The monoisotopic (exact) mass is 259 g/mol. The molecule has 0 heterocycles. The molecular formula is C15H17NO3. The molecule has 0 bridgehead atoms. The van der Waals surface area contributed by atoms with E-state index in [1.807, 2.05) is 12.1 Å². The molecular weight excluding hydrogens is 242 g/mol. The van der Waals surface area contributed by atoms with Crippen LogP contribution in [0.25, 0.3) is 0 Å². The van der Waals surface area contributed by atoms with Crippen molar-refractivity contribution in [1.82, 2.24) is 5.32 Å². The Morgan fingerprint density at radius 2 is 1.95 bits per heavy atom. The molecule has 4 nitrogen and oxygen atoms in total. The van der Waals surface area contributed by atoms with Crippen molar-refractivity contribution in [1.29, 1.82) is 0 Å². The molecule has 100 valence electrons. The van der Waals surface area contributed by atoms with Gasteiger partial charge in [-0.1, -0.05) is 6.07 Å². The van der Waals surface area contributed by atoms with Crippen LogP contribution < -0.4 is 5.32 Å². The zero-order chi connectivity index (χ0) is 13.4. The van der Waals surface area contributed by atoms with Crippen molar-refractivity contribution in [2.75, 3.05) is 0 Å². The lowest BCUT2D eigenvalue weighted by Gasteiger charge is -2.14. The van der Waals surface area contributed by atoms with Crippen LogP contribution in [-0.2, 0) is 17.6 Å². The molecule has 0 spiro atoms. The van der Waals surface area contributed by atoms with E-state index in [4.69, 9.17) is 5.11 Å². The molecule has 19 heavy (non-hydrogen) atoms. The third-order valence-corrected chi connectivity index (χ3v) is 4.01. The average molecular weight is 259 g/mol. The number of carbonyl (C=O) groups excluding carboxylic acids is 1. The first-order valence-corrected chi connectivity index (χ1v) is 6.80. The normalized spacial score (nSPS) is 18.7. The van der Waals surface area contributed by atoms with E-state index >= 15 is 0 Å². The van der Waals surface area contributed by atoms with Gasteiger partial charge in [-0.3, -0.25) is 4.79 Å². The topological polar surface area (TPSA) is 66.4 Å². The molecule has 1 atom stereocenters. The summed E-state index contributed by atoms with van der Waals surface area (Å²) in [4.78, 5) is 23.2. The van der Waals surface area contributed by atoms with Crippen LogP contribution in [0.4, 0.5) is 0 Å². The molecule has 1 aromatic carbocycles. The lowest BCUT2D eigenvalue weighted by molar-refractivity contribution is -0.139. The third kappa shape index (κ3) is 2.48. The van der Waals surface area contributed by atoms with Crippen molar-refractivity contribution in [2.45, 2.75) is 38.1 Å². The van der Waals surface area contributed by atoms with E-state index in [9.17, 15) is 9.59 Å². The number of carboxylic acids is 1. The molecule has 2 aliphatic carbocycles. The molecule has 1 amide bonds. The van der Waals surface area contributed by atoms with Crippen LogP contribution in [0.3, 0.4) is 0 Å². The van der Waals surface area contributed by atoms with Crippen molar-refractivity contribution < 1.29 is 14.7 Å². The Balaban J connectivity index is 1.74. The van der Waals surface area contributed by atoms with Gasteiger partial charge in [-0.05, 0) is 61.3 Å². The van der Waals surface area contributed by atoms with Gasteiger partial charge in [0.25, 0.3) is 5.91 Å². The van der Waals surface area contributed by atoms with Gasteiger partial charge in [0.2, 0.25) is 0 Å². The highest BCUT2D eigenvalue weighted by atomic mass is 16.4. The molecule has 1 fully saturated rings. The van der Waals surface area contributed by atoms with Crippen molar-refractivity contribution in [2.24, 2.45) is 5.92 Å². The van der Waals surface area contributed by atoms with Crippen molar-refractivity contribution >= 4 is 11.9 Å². The summed E-state index contributed by atoms with van der Waals surface area (Å²) in [6.45, 7) is 0. The number of carboxylic acid groups (broad SMARTS) is 1. The highest BCUT2D eigenvalue weighted by Crippen LogP contribution is 2.33. The summed E-state index contributed by atoms with van der Waals surface area (Å²) >= 11 is 0. The number of aliphatic carboxylic acids is 1. The fourth-order valence-electron chi connectivity index (χ4n) is 2.75. The fourth-order valence-corrected chi connectivity index (χ4v) is 2.75. The summed E-state index contributed by atoms with van der Waals surface area (Å²) in [6, 6.07) is 4.96. The van der Waals surface area contributed by atoms with Crippen molar-refractivity contribution in [3.63, 3.8) is 0 Å². The molecule has 0 aliphatic heterocycles. The van der Waals surface area contributed by atoms with E-state index in [0.717, 1.165) is 32.1 Å². The molecule has 2 N–H and O–H groups in total. The maximum Gasteiger partial charge on any atom is 0.326 e. The summed E-state index contributed by atoms with van der Waals surface area (Å²) in [5, 5.41) is 11.8. The Bertz CT molecular complexity index is 534. The third-order valence-electron chi connectivity index (χ3n) is 4.01. The number of hydrogen-bond acceptors (Lipinski definition) is 2. The van der Waals surface area contributed by atoms with E-state index in [-0.39, 0.29) is 11.8 Å². The Hall–Kier alpha value is -1.84. The van der Waals surface area contributed by atoms with E-state index in [1.165, 1.54) is 11.1 Å². The van der Waals surface area contributed by atoms with E-state index < -0.39 is 12.0 Å². The van der Waals surface area contributed by atoms with Gasteiger partial charge >= 0.3 is 5.97 Å². The molecule has 2 aliphatic rings. The predicted molar refractivity (Wildman–Crippen MR) is 70.1 cm³/mol. The summed E-state index contributed by atoms with van der Waals surface area (Å²) in [6.07, 6.45) is 5.02. The molecule has 0 saturated heterocycles. The predicted octanol–water partition coefficient (Wildman–Crippen LogP) is 1.77. The average Bonchev–Trinajstić information content (AvgIpc) is 3.11. The number of nitrogens with one attached hydrogen (secondary N) is 1. The highest BCUT2D eigenvalue weighted by molar-refractivity contribution is 5.97. The quantitative estimate of drug-likeness (QED) is 0.866. The molecule has 4 heteroatoms. The number of benzene rings is 1. The van der Waals surface area contributed by atoms with Gasteiger partial charge in [0.15, 0.2) is 0 Å². The van der Waals surface area contributed by atoms with Crippen LogP contribution in [0.15, 0.2) is 18.2 Å². The maximum atomic E-state index is 12.1. The summed E-state index contributed by atoms with van der Waals surface area (Å²) < 4.78 is 0. The maximum absolute atomic E-state index is 12.1. The first kappa shape index (κ1) is 12.2. The van der Waals surface area contributed by atoms with Gasteiger partial charge in [-0.25, -0.2) is 4.79 Å². The van der Waals surface area contributed by atoms with E-state index in [0.29, 0.717) is 5.56 Å². The minimum absolute atomic E-state index is 0.107. The van der Waals surface area contributed by atoms with Gasteiger partial charge in [0.1, 0.15) is 6.04 Å². The van der Waals surface area contributed by atoms with Gasteiger partial charge in [0.05, 0.1) is 0 Å². The lowest BCUT2D eigenvalue weighted by atomic mass is 10.1. The largest absolute Gasteiger partial charge is 0.480 e. The number of carbonyl (C=O) groups is 2. The van der Waals surface area contributed by atoms with Crippen molar-refractivity contribution in [3.05, 3.63) is 34.9 Å². The SMILES string of the molecule is O=C(NC(C(=O)O)C1CC1)c1ccc2c(c1)CCC2. The molecule has 1 saturated carbocycles. The highest BCUT2D eigenvalue weighted by Gasteiger charge is 2.37. The first-order chi connectivity index (χ1) is 9.15. The number of amides is 1. The fraction of sp³-hybridized carbons (Fsp3) is 0.467. The Labute approximate surface area is 111 Å². The summed E-state index contributed by atoms with van der Waals surface area (Å²) in [5.41, 5.74) is 3.12. The lowest BCUT2D eigenvalue weighted by Crippen LogP contribution is -2.42. The van der Waals surface area contributed by atoms with Crippen LogP contribution in [-0.4, -0.2) is 23.0 Å². The van der Waals surface area contributed by atoms with Gasteiger partial charge in [-0.15, -0.1) is 0 Å². The van der Waals surface area contributed by atoms with Crippen LogP contribution in [0.2, 0.25) is 0 Å². The summed E-state index contributed by atoms with van der Waals surface area (Å²) in [7, 11) is 0. The van der Waals surface area contributed by atoms with Crippen LogP contribution in [0, 0.1) is 5.92 Å². The second kappa shape index (κ2) is 4.68. The van der Waals surface area contributed by atoms with Gasteiger partial charge < -0.3 is 10.4 Å². The van der Waals surface area contributed by atoms with Gasteiger partial charge in [-0.2, -0.15) is 0 Å². The van der Waals surface area contributed by atoms with E-state index in [1.54, 1.807) is 6.07 Å². The Morgan fingerprint density at radius 1 is 1.21 bits per heavy atom. The van der Waals surface area contributed by atoms with E-state index in [2.05, 4.69) is 5.32 Å². The molecule has 1 aromatic rings. The summed E-state index contributed by atoms with van der Waals surface area (Å²) in [5.74, 6) is -1.10. The second-order valence-corrected chi connectivity index (χ2v) is 5.46. The zero-order valence-corrected chi connectivity index (χ0v) is 10.7. The Kier molecular flexibility index (Phi) is 3.01. The zero-order valence-electron chi connectivity index (χ0n) is 10.7. The number of rotatable bonds is 4. The minimum atomic E-state index is -0.933. The van der Waals surface area contributed by atoms with Crippen LogP contribution >= 0.6 is 0 Å². The Morgan fingerprint density at radius 3 is 2.63 bits per heavy atom. The smallest absolute Gasteiger partial charge is 0.326 e. The molecule has 1 unspecified atom stereocenters. The number of fused-ring (bicyclic) bond motifs is 1. The number of aryl methyl sites for hydroxylation is 2. The molecule has 0 aromatic heterocycles. The second-order valence-electron chi connectivity index (χ2n) is 5.46. The van der Waals surface area contributed by atoms with Crippen LogP contribution in [0.5, 0.6) is 0 Å². The first-order valence-electron chi connectivity index (χ1n) is 6.80.